The van der Waals surface area contributed by atoms with E-state index in [-0.39, 0.29) is 0 Å². The average molecular weight is 363 g/mol. The van der Waals surface area contributed by atoms with Crippen LogP contribution in [0.15, 0.2) is 48.5 Å². The number of nitrogens with one attached hydrogen (secondary N) is 3. The van der Waals surface area contributed by atoms with Gasteiger partial charge in [0.25, 0.3) is 0 Å². The highest BCUT2D eigenvalue weighted by Crippen LogP contribution is 2.38. The van der Waals surface area contributed by atoms with Crippen molar-refractivity contribution in [1.29, 1.82) is 0 Å². The first-order valence-electron chi connectivity index (χ1n) is 9.27. The van der Waals surface area contributed by atoms with E-state index in [2.05, 4.69) is 69.4 Å². The molecule has 0 unspecified atom stereocenters. The second-order valence-corrected chi connectivity index (χ2v) is 8.03. The number of hydrogen-bond acceptors (Lipinski definition) is 4. The van der Waals surface area contributed by atoms with Crippen molar-refractivity contribution >= 4 is 31.6 Å². The zero-order chi connectivity index (χ0) is 17.3. The lowest BCUT2D eigenvalue weighted by Crippen LogP contribution is -2.39. The summed E-state index contributed by atoms with van der Waals surface area (Å²) >= 11 is 1.81. The number of rotatable bonds is 4. The Morgan fingerprint density at radius 3 is 2.69 bits per heavy atom. The number of aromatic amines is 1. The maximum absolute atomic E-state index is 4.59. The minimum absolute atomic E-state index is 0.639. The van der Waals surface area contributed by atoms with Gasteiger partial charge in [0.15, 0.2) is 0 Å². The van der Waals surface area contributed by atoms with Crippen LogP contribution >= 0.6 is 11.3 Å². The maximum Gasteiger partial charge on any atom is 0.110 e. The minimum Gasteiger partial charge on any atom is -0.317 e. The fourth-order valence-corrected chi connectivity index (χ4v) is 4.91. The minimum atomic E-state index is 0.639. The van der Waals surface area contributed by atoms with Crippen LogP contribution in [0.25, 0.3) is 31.6 Å². The van der Waals surface area contributed by atoms with Crippen molar-refractivity contribution in [1.82, 2.24) is 20.8 Å². The molecule has 26 heavy (non-hydrogen) atoms. The monoisotopic (exact) mass is 362 g/mol. The molecule has 4 nitrogen and oxygen atoms in total. The summed E-state index contributed by atoms with van der Waals surface area (Å²) in [5.41, 5.74) is 4.71. The third-order valence-corrected chi connectivity index (χ3v) is 6.43. The predicted molar refractivity (Wildman–Crippen MR) is 110 cm³/mol. The molecule has 1 saturated heterocycles. The lowest BCUT2D eigenvalue weighted by atomic mass is 10.1. The van der Waals surface area contributed by atoms with Gasteiger partial charge in [-0.15, -0.1) is 11.3 Å². The lowest BCUT2D eigenvalue weighted by molar-refractivity contribution is 0.386. The van der Waals surface area contributed by atoms with Gasteiger partial charge in [0.05, 0.1) is 10.2 Å². The van der Waals surface area contributed by atoms with Gasteiger partial charge in [0, 0.05) is 28.2 Å². The van der Waals surface area contributed by atoms with Crippen LogP contribution in [0, 0.1) is 0 Å². The molecule has 1 aliphatic heterocycles. The smallest absolute Gasteiger partial charge is 0.110 e. The molecule has 0 bridgehead atoms. The summed E-state index contributed by atoms with van der Waals surface area (Å²) in [7, 11) is 0. The van der Waals surface area contributed by atoms with Crippen LogP contribution in [-0.2, 0) is 6.54 Å². The number of nitrogens with zero attached hydrogens (tertiary/aromatic N) is 1. The van der Waals surface area contributed by atoms with E-state index in [1.807, 2.05) is 11.3 Å². The molecule has 5 rings (SSSR count). The Hall–Kier alpha value is -2.21. The topological polar surface area (TPSA) is 52.7 Å². The summed E-state index contributed by atoms with van der Waals surface area (Å²) in [6, 6.07) is 18.0. The van der Waals surface area contributed by atoms with Gasteiger partial charge in [-0.1, -0.05) is 42.5 Å². The van der Waals surface area contributed by atoms with Crippen LogP contribution in [0.2, 0.25) is 0 Å². The van der Waals surface area contributed by atoms with E-state index in [9.17, 15) is 0 Å². The number of aromatic nitrogens is 2. The number of thiophene rings is 1. The molecule has 2 aromatic carbocycles. The standard InChI is InChI=1S/C21H22N4S/c1-2-4-18-17(3-1)20-21(26-18)19(24-25-20)15-7-5-14(6-8-15)13-23-16-9-11-22-12-10-16/h1-8,16,22-23H,9-13H2,(H,24,25). The first kappa shape index (κ1) is 16.0. The molecule has 0 aliphatic carbocycles. The van der Waals surface area contributed by atoms with Crippen molar-refractivity contribution in [3.05, 3.63) is 54.1 Å². The van der Waals surface area contributed by atoms with E-state index in [1.165, 1.54) is 38.8 Å². The number of benzene rings is 2. The molecular formula is C21H22N4S. The Labute approximate surface area is 156 Å². The zero-order valence-corrected chi connectivity index (χ0v) is 15.4. The number of H-pyrrole nitrogens is 1. The highest BCUT2D eigenvalue weighted by molar-refractivity contribution is 7.26. The number of piperidine rings is 1. The van der Waals surface area contributed by atoms with Crippen LogP contribution < -0.4 is 10.6 Å². The molecule has 3 heterocycles. The molecule has 0 atom stereocenters. The molecule has 0 saturated carbocycles. The largest absolute Gasteiger partial charge is 0.317 e. The fraction of sp³-hybridized carbons (Fsp3) is 0.286. The Morgan fingerprint density at radius 1 is 1.04 bits per heavy atom. The molecule has 3 N–H and O–H groups in total. The van der Waals surface area contributed by atoms with Crippen LogP contribution in [0.4, 0.5) is 0 Å². The van der Waals surface area contributed by atoms with Gasteiger partial charge in [-0.3, -0.25) is 5.10 Å². The van der Waals surface area contributed by atoms with Crippen LogP contribution in [0.5, 0.6) is 0 Å². The van der Waals surface area contributed by atoms with E-state index >= 15 is 0 Å². The first-order valence-corrected chi connectivity index (χ1v) is 10.1. The van der Waals surface area contributed by atoms with Crippen molar-refractivity contribution < 1.29 is 0 Å². The Balaban J connectivity index is 1.37. The summed E-state index contributed by atoms with van der Waals surface area (Å²) in [5, 5.41) is 16.2. The Morgan fingerprint density at radius 2 is 1.85 bits per heavy atom. The van der Waals surface area contributed by atoms with Gasteiger partial charge in [-0.25, -0.2) is 0 Å². The number of hydrogen-bond donors (Lipinski definition) is 3. The van der Waals surface area contributed by atoms with Crippen LogP contribution in [0.3, 0.4) is 0 Å². The fourth-order valence-electron chi connectivity index (χ4n) is 3.75. The number of fused-ring (bicyclic) bond motifs is 3. The molecule has 0 spiro atoms. The SMILES string of the molecule is c1ccc2c(c1)sc1c(-c3ccc(CNC4CCNCC4)cc3)n[nH]c12. The quantitative estimate of drug-likeness (QED) is 0.508. The van der Waals surface area contributed by atoms with Gasteiger partial charge < -0.3 is 10.6 Å². The second kappa shape index (κ2) is 6.83. The summed E-state index contributed by atoms with van der Waals surface area (Å²) in [4.78, 5) is 0. The van der Waals surface area contributed by atoms with E-state index in [1.54, 1.807) is 0 Å². The van der Waals surface area contributed by atoms with Crippen molar-refractivity contribution in [2.45, 2.75) is 25.4 Å². The van der Waals surface area contributed by atoms with Crippen molar-refractivity contribution in [3.8, 4) is 11.3 Å². The molecule has 132 valence electrons. The predicted octanol–water partition coefficient (Wildman–Crippen LogP) is 4.29. The van der Waals surface area contributed by atoms with Crippen molar-refractivity contribution in [3.63, 3.8) is 0 Å². The molecule has 0 amide bonds. The van der Waals surface area contributed by atoms with Crippen molar-refractivity contribution in [2.24, 2.45) is 0 Å². The van der Waals surface area contributed by atoms with E-state index in [0.717, 1.165) is 30.8 Å². The molecule has 5 heteroatoms. The third kappa shape index (κ3) is 2.92. The molecule has 4 aromatic rings. The molecule has 1 aliphatic rings. The molecule has 2 aromatic heterocycles. The summed E-state index contributed by atoms with van der Waals surface area (Å²) in [5.74, 6) is 0. The third-order valence-electron chi connectivity index (χ3n) is 5.25. The van der Waals surface area contributed by atoms with Crippen LogP contribution in [-0.4, -0.2) is 29.3 Å². The van der Waals surface area contributed by atoms with E-state index < -0.39 is 0 Å². The van der Waals surface area contributed by atoms with E-state index in [4.69, 9.17) is 0 Å². The maximum atomic E-state index is 4.59. The summed E-state index contributed by atoms with van der Waals surface area (Å²) in [6.07, 6.45) is 2.44. The van der Waals surface area contributed by atoms with Gasteiger partial charge in [0.2, 0.25) is 0 Å². The highest BCUT2D eigenvalue weighted by Gasteiger charge is 2.14. The van der Waals surface area contributed by atoms with Gasteiger partial charge >= 0.3 is 0 Å². The molecular weight excluding hydrogens is 340 g/mol. The molecule has 1 fully saturated rings. The average Bonchev–Trinajstić information content (AvgIpc) is 3.27. The van der Waals surface area contributed by atoms with Gasteiger partial charge in [-0.05, 0) is 37.6 Å². The highest BCUT2D eigenvalue weighted by atomic mass is 32.1. The lowest BCUT2D eigenvalue weighted by Gasteiger charge is -2.23. The summed E-state index contributed by atoms with van der Waals surface area (Å²) in [6.45, 7) is 3.19. The second-order valence-electron chi connectivity index (χ2n) is 6.98. The van der Waals surface area contributed by atoms with Gasteiger partial charge in [0.1, 0.15) is 5.69 Å². The first-order chi connectivity index (χ1) is 12.9. The summed E-state index contributed by atoms with van der Waals surface area (Å²) < 4.78 is 2.55. The Kier molecular flexibility index (Phi) is 4.21. The Bertz CT molecular complexity index is 1030. The molecule has 0 radical (unpaired) electrons. The van der Waals surface area contributed by atoms with Gasteiger partial charge in [-0.2, -0.15) is 5.10 Å². The van der Waals surface area contributed by atoms with Crippen LogP contribution in [0.1, 0.15) is 18.4 Å². The van der Waals surface area contributed by atoms with Crippen molar-refractivity contribution in [2.75, 3.05) is 13.1 Å². The zero-order valence-electron chi connectivity index (χ0n) is 14.6. The van der Waals surface area contributed by atoms with E-state index in [0.29, 0.717) is 6.04 Å². The normalized spacial score (nSPS) is 15.8.